The highest BCUT2D eigenvalue weighted by Crippen LogP contribution is 2.20. The van der Waals surface area contributed by atoms with Gasteiger partial charge in [-0.3, -0.25) is 14.2 Å². The number of benzene rings is 2. The normalized spacial score (nSPS) is 10.8. The lowest BCUT2D eigenvalue weighted by atomic mass is 10.1. The molecule has 0 aliphatic heterocycles. The zero-order valence-corrected chi connectivity index (χ0v) is 15.8. The van der Waals surface area contributed by atoms with E-state index in [9.17, 15) is 9.59 Å². The summed E-state index contributed by atoms with van der Waals surface area (Å²) in [5.74, 6) is 0.121. The summed E-state index contributed by atoms with van der Waals surface area (Å²) in [7, 11) is 0. The topological polar surface area (TPSA) is 64.0 Å². The monoisotopic (exact) mass is 389 g/mol. The van der Waals surface area contributed by atoms with Crippen molar-refractivity contribution >= 4 is 34.1 Å². The van der Waals surface area contributed by atoms with Crippen LogP contribution in [0.25, 0.3) is 16.5 Å². The molecule has 2 aromatic carbocycles. The zero-order chi connectivity index (χ0) is 19.7. The van der Waals surface area contributed by atoms with Gasteiger partial charge in [0.25, 0.3) is 11.5 Å². The van der Waals surface area contributed by atoms with Gasteiger partial charge in [0.1, 0.15) is 5.82 Å². The standard InChI is InChI=1S/C22H16ClN3O2/c1-14-5-4-8-20(24-14)25-21(27)19-13-26(16-11-9-15(23)10-12-16)22(28)18-7-3-2-6-17(18)19/h2-13H,1H3,(H,24,25,27). The van der Waals surface area contributed by atoms with Crippen LogP contribution in [0.4, 0.5) is 5.82 Å². The van der Waals surface area contributed by atoms with E-state index in [1.807, 2.05) is 19.1 Å². The predicted molar refractivity (Wildman–Crippen MR) is 111 cm³/mol. The Bertz CT molecular complexity index is 1250. The molecule has 0 aliphatic rings. The van der Waals surface area contributed by atoms with Crippen molar-refractivity contribution in [2.45, 2.75) is 6.92 Å². The number of hydrogen-bond acceptors (Lipinski definition) is 3. The molecule has 0 spiro atoms. The molecule has 4 aromatic rings. The number of nitrogens with one attached hydrogen (secondary N) is 1. The van der Waals surface area contributed by atoms with Gasteiger partial charge >= 0.3 is 0 Å². The van der Waals surface area contributed by atoms with Gasteiger partial charge in [-0.1, -0.05) is 35.9 Å². The van der Waals surface area contributed by atoms with Crippen LogP contribution in [0.5, 0.6) is 0 Å². The Hall–Kier alpha value is -3.44. The Morgan fingerprint density at radius 1 is 0.964 bits per heavy atom. The highest BCUT2D eigenvalue weighted by atomic mass is 35.5. The molecule has 28 heavy (non-hydrogen) atoms. The quantitative estimate of drug-likeness (QED) is 0.557. The van der Waals surface area contributed by atoms with Gasteiger partial charge in [-0.05, 0) is 49.4 Å². The molecule has 0 atom stereocenters. The first-order valence-corrected chi connectivity index (χ1v) is 9.06. The molecular weight excluding hydrogens is 374 g/mol. The Morgan fingerprint density at radius 3 is 2.39 bits per heavy atom. The maximum atomic E-state index is 13.0. The van der Waals surface area contributed by atoms with E-state index in [-0.39, 0.29) is 11.5 Å². The van der Waals surface area contributed by atoms with Gasteiger partial charge in [-0.25, -0.2) is 4.98 Å². The lowest BCUT2D eigenvalue weighted by Crippen LogP contribution is -2.23. The van der Waals surface area contributed by atoms with E-state index in [1.54, 1.807) is 60.8 Å². The van der Waals surface area contributed by atoms with Gasteiger partial charge in [0.15, 0.2) is 0 Å². The number of aryl methyl sites for hydroxylation is 1. The maximum Gasteiger partial charge on any atom is 0.262 e. The second kappa shape index (κ2) is 7.29. The lowest BCUT2D eigenvalue weighted by Gasteiger charge is -2.13. The molecule has 6 heteroatoms. The summed E-state index contributed by atoms with van der Waals surface area (Å²) in [4.78, 5) is 30.3. The average Bonchev–Trinajstić information content (AvgIpc) is 2.69. The van der Waals surface area contributed by atoms with E-state index in [0.717, 1.165) is 5.69 Å². The van der Waals surface area contributed by atoms with Gasteiger partial charge in [0.05, 0.1) is 5.56 Å². The van der Waals surface area contributed by atoms with Crippen molar-refractivity contribution in [3.63, 3.8) is 0 Å². The van der Waals surface area contributed by atoms with Crippen molar-refractivity contribution in [2.24, 2.45) is 0 Å². The molecule has 0 bridgehead atoms. The smallest absolute Gasteiger partial charge is 0.262 e. The van der Waals surface area contributed by atoms with Crippen molar-refractivity contribution in [3.05, 3.63) is 99.6 Å². The summed E-state index contributed by atoms with van der Waals surface area (Å²) in [6.45, 7) is 1.85. The van der Waals surface area contributed by atoms with Gasteiger partial charge in [0.2, 0.25) is 0 Å². The van der Waals surface area contributed by atoms with Crippen LogP contribution in [-0.4, -0.2) is 15.5 Å². The van der Waals surface area contributed by atoms with Gasteiger partial charge in [-0.15, -0.1) is 0 Å². The van der Waals surface area contributed by atoms with Crippen LogP contribution >= 0.6 is 11.6 Å². The number of rotatable bonds is 3. The summed E-state index contributed by atoms with van der Waals surface area (Å²) in [5, 5.41) is 4.43. The molecule has 2 heterocycles. The molecule has 0 saturated carbocycles. The molecule has 0 aliphatic carbocycles. The second-order valence-electron chi connectivity index (χ2n) is 6.36. The molecule has 0 radical (unpaired) electrons. The Morgan fingerprint density at radius 2 is 1.68 bits per heavy atom. The molecule has 1 amide bonds. The summed E-state index contributed by atoms with van der Waals surface area (Å²) < 4.78 is 1.46. The number of carbonyl (C=O) groups excluding carboxylic acids is 1. The molecule has 5 nitrogen and oxygen atoms in total. The molecule has 2 aromatic heterocycles. The third-order valence-electron chi connectivity index (χ3n) is 4.40. The number of halogens is 1. The van der Waals surface area contributed by atoms with Gasteiger partial charge in [-0.2, -0.15) is 0 Å². The predicted octanol–water partition coefficient (Wildman–Crippen LogP) is 4.60. The van der Waals surface area contributed by atoms with Gasteiger partial charge < -0.3 is 5.32 Å². The minimum atomic E-state index is -0.336. The molecular formula is C22H16ClN3O2. The second-order valence-corrected chi connectivity index (χ2v) is 6.79. The average molecular weight is 390 g/mol. The third-order valence-corrected chi connectivity index (χ3v) is 4.66. The Balaban J connectivity index is 1.87. The number of anilines is 1. The van der Waals surface area contributed by atoms with Gasteiger partial charge in [0, 0.05) is 33.4 Å². The number of carbonyl (C=O) groups is 1. The largest absolute Gasteiger partial charge is 0.306 e. The van der Waals surface area contributed by atoms with E-state index in [0.29, 0.717) is 32.9 Å². The summed E-state index contributed by atoms with van der Waals surface area (Å²) >= 11 is 5.96. The number of amides is 1. The minimum absolute atomic E-state index is 0.205. The van der Waals surface area contributed by atoms with E-state index in [1.165, 1.54) is 4.57 Å². The summed E-state index contributed by atoms with van der Waals surface area (Å²) in [6, 6.07) is 19.3. The van der Waals surface area contributed by atoms with Crippen LogP contribution in [0.15, 0.2) is 77.7 Å². The lowest BCUT2D eigenvalue weighted by molar-refractivity contribution is 0.102. The van der Waals surface area contributed by atoms with Crippen LogP contribution in [0.3, 0.4) is 0 Å². The molecule has 0 saturated heterocycles. The maximum absolute atomic E-state index is 13.0. The fourth-order valence-electron chi connectivity index (χ4n) is 3.06. The highest BCUT2D eigenvalue weighted by molar-refractivity contribution is 6.30. The number of hydrogen-bond donors (Lipinski definition) is 1. The van der Waals surface area contributed by atoms with E-state index < -0.39 is 0 Å². The van der Waals surface area contributed by atoms with Crippen molar-refractivity contribution in [3.8, 4) is 5.69 Å². The fraction of sp³-hybridized carbons (Fsp3) is 0.0455. The summed E-state index contributed by atoms with van der Waals surface area (Å²) in [6.07, 6.45) is 1.55. The molecule has 0 unspecified atom stereocenters. The summed E-state index contributed by atoms with van der Waals surface area (Å²) in [5.41, 5.74) is 1.60. The Labute approximate surface area is 166 Å². The zero-order valence-electron chi connectivity index (χ0n) is 15.0. The van der Waals surface area contributed by atoms with Crippen molar-refractivity contribution in [1.29, 1.82) is 0 Å². The third kappa shape index (κ3) is 3.40. The van der Waals surface area contributed by atoms with E-state index >= 15 is 0 Å². The molecule has 4 rings (SSSR count). The van der Waals surface area contributed by atoms with Crippen molar-refractivity contribution in [2.75, 3.05) is 5.32 Å². The first kappa shape index (κ1) is 17.9. The minimum Gasteiger partial charge on any atom is -0.306 e. The van der Waals surface area contributed by atoms with Crippen molar-refractivity contribution in [1.82, 2.24) is 9.55 Å². The SMILES string of the molecule is Cc1cccc(NC(=O)c2cn(-c3ccc(Cl)cc3)c(=O)c3ccccc23)n1. The molecule has 1 N–H and O–H groups in total. The number of fused-ring (bicyclic) bond motifs is 1. The Kier molecular flexibility index (Phi) is 4.67. The van der Waals surface area contributed by atoms with Crippen LogP contribution in [0, 0.1) is 6.92 Å². The number of nitrogens with zero attached hydrogens (tertiary/aromatic N) is 2. The first-order chi connectivity index (χ1) is 13.5. The van der Waals surface area contributed by atoms with Crippen LogP contribution < -0.4 is 10.9 Å². The number of aromatic nitrogens is 2. The van der Waals surface area contributed by atoms with Crippen molar-refractivity contribution < 1.29 is 4.79 Å². The van der Waals surface area contributed by atoms with Crippen LogP contribution in [0.2, 0.25) is 5.02 Å². The van der Waals surface area contributed by atoms with E-state index in [4.69, 9.17) is 11.6 Å². The first-order valence-electron chi connectivity index (χ1n) is 8.68. The van der Waals surface area contributed by atoms with Crippen LogP contribution in [-0.2, 0) is 0 Å². The molecule has 0 fully saturated rings. The highest BCUT2D eigenvalue weighted by Gasteiger charge is 2.16. The number of pyridine rings is 2. The fourth-order valence-corrected chi connectivity index (χ4v) is 3.19. The van der Waals surface area contributed by atoms with E-state index in [2.05, 4.69) is 10.3 Å². The van der Waals surface area contributed by atoms with Crippen LogP contribution in [0.1, 0.15) is 16.1 Å². The molecule has 138 valence electrons.